The third-order valence-electron chi connectivity index (χ3n) is 3.07. The van der Waals surface area contributed by atoms with Gasteiger partial charge in [-0.15, -0.1) is 0 Å². The molecule has 1 saturated heterocycles. The van der Waals surface area contributed by atoms with E-state index < -0.39 is 0 Å². The third-order valence-corrected chi connectivity index (χ3v) is 3.54. The number of hydrogen-bond donors (Lipinski definition) is 0. The molecule has 0 N–H and O–H groups in total. The highest BCUT2D eigenvalue weighted by molar-refractivity contribution is 9.10. The summed E-state index contributed by atoms with van der Waals surface area (Å²) >= 11 is 3.37. The number of hydrogen-bond acceptors (Lipinski definition) is 4. The molecule has 98 valence electrons. The van der Waals surface area contributed by atoms with Crippen LogP contribution in [0.2, 0.25) is 0 Å². The van der Waals surface area contributed by atoms with E-state index in [1.54, 1.807) is 6.20 Å². The topological polar surface area (TPSA) is 42.4 Å². The number of pyridine rings is 1. The average Bonchev–Trinajstić information content (AvgIpc) is 2.40. The van der Waals surface area contributed by atoms with E-state index in [1.807, 2.05) is 24.0 Å². The van der Waals surface area contributed by atoms with Crippen molar-refractivity contribution in [2.45, 2.75) is 32.2 Å². The fraction of sp³-hybridized carbons (Fsp3) is 0.538. The maximum atomic E-state index is 11.9. The van der Waals surface area contributed by atoms with Crippen molar-refractivity contribution in [3.8, 4) is 0 Å². The van der Waals surface area contributed by atoms with Crippen LogP contribution in [-0.4, -0.2) is 30.1 Å². The van der Waals surface area contributed by atoms with E-state index in [2.05, 4.69) is 20.9 Å². The van der Waals surface area contributed by atoms with Gasteiger partial charge in [0, 0.05) is 17.2 Å². The molecular weight excluding hydrogens is 296 g/mol. The molecule has 1 aromatic heterocycles. The van der Waals surface area contributed by atoms with Crippen LogP contribution in [0.25, 0.3) is 0 Å². The van der Waals surface area contributed by atoms with Gasteiger partial charge in [-0.25, -0.2) is 9.78 Å². The number of esters is 1. The number of carbonyl (C=O) groups is 1. The lowest BCUT2D eigenvalue weighted by Crippen LogP contribution is -2.46. The lowest BCUT2D eigenvalue weighted by molar-refractivity contribution is -0.145. The number of ether oxygens (including phenoxy) is 1. The van der Waals surface area contributed by atoms with Crippen molar-refractivity contribution in [2.24, 2.45) is 0 Å². The first-order valence-electron chi connectivity index (χ1n) is 6.27. The van der Waals surface area contributed by atoms with Crippen LogP contribution in [0, 0.1) is 0 Å². The van der Waals surface area contributed by atoms with Crippen LogP contribution in [0.15, 0.2) is 22.8 Å². The summed E-state index contributed by atoms with van der Waals surface area (Å²) in [6, 6.07) is 3.69. The molecule has 18 heavy (non-hydrogen) atoms. The molecule has 1 aromatic rings. The van der Waals surface area contributed by atoms with Gasteiger partial charge in [-0.2, -0.15) is 0 Å². The number of aromatic nitrogens is 1. The first kappa shape index (κ1) is 13.3. The predicted molar refractivity (Wildman–Crippen MR) is 73.6 cm³/mol. The van der Waals surface area contributed by atoms with Crippen molar-refractivity contribution >= 4 is 27.7 Å². The molecule has 0 amide bonds. The largest absolute Gasteiger partial charge is 0.464 e. The minimum absolute atomic E-state index is 0.137. The van der Waals surface area contributed by atoms with E-state index in [1.165, 1.54) is 0 Å². The van der Waals surface area contributed by atoms with E-state index in [0.717, 1.165) is 36.1 Å². The van der Waals surface area contributed by atoms with Gasteiger partial charge < -0.3 is 9.64 Å². The SMILES string of the molecule is CCOC(=O)C1CCCCN1c1ccc(Br)cn1. The lowest BCUT2D eigenvalue weighted by Gasteiger charge is -2.34. The highest BCUT2D eigenvalue weighted by atomic mass is 79.9. The number of halogens is 1. The van der Waals surface area contributed by atoms with E-state index in [0.29, 0.717) is 6.61 Å². The number of carbonyl (C=O) groups excluding carboxylic acids is 1. The van der Waals surface area contributed by atoms with Crippen LogP contribution >= 0.6 is 15.9 Å². The molecule has 0 bridgehead atoms. The minimum atomic E-state index is -0.188. The normalized spacial score (nSPS) is 19.7. The van der Waals surface area contributed by atoms with E-state index in [9.17, 15) is 4.79 Å². The summed E-state index contributed by atoms with van der Waals surface area (Å²) in [4.78, 5) is 18.4. The molecule has 1 fully saturated rings. The Hall–Kier alpha value is -1.10. The van der Waals surface area contributed by atoms with Gasteiger partial charge in [0.25, 0.3) is 0 Å². The van der Waals surface area contributed by atoms with E-state index in [4.69, 9.17) is 4.74 Å². The van der Waals surface area contributed by atoms with Crippen LogP contribution < -0.4 is 4.90 Å². The molecule has 0 aliphatic carbocycles. The Balaban J connectivity index is 2.17. The second-order valence-corrected chi connectivity index (χ2v) is 5.21. The molecule has 4 nitrogen and oxygen atoms in total. The van der Waals surface area contributed by atoms with Gasteiger partial charge in [-0.1, -0.05) is 0 Å². The minimum Gasteiger partial charge on any atom is -0.464 e. The second-order valence-electron chi connectivity index (χ2n) is 4.29. The molecule has 1 atom stereocenters. The third kappa shape index (κ3) is 3.02. The Kier molecular flexibility index (Phi) is 4.58. The second kappa shape index (κ2) is 6.18. The highest BCUT2D eigenvalue weighted by Crippen LogP contribution is 2.24. The average molecular weight is 313 g/mol. The van der Waals surface area contributed by atoms with Crippen LogP contribution in [0.1, 0.15) is 26.2 Å². The first-order chi connectivity index (χ1) is 8.72. The summed E-state index contributed by atoms with van der Waals surface area (Å²) in [5.41, 5.74) is 0. The Bertz CT molecular complexity index is 408. The molecule has 0 spiro atoms. The fourth-order valence-electron chi connectivity index (χ4n) is 2.23. The van der Waals surface area contributed by atoms with E-state index >= 15 is 0 Å². The number of anilines is 1. The Morgan fingerprint density at radius 2 is 2.39 bits per heavy atom. The van der Waals surface area contributed by atoms with Gasteiger partial charge in [0.2, 0.25) is 0 Å². The van der Waals surface area contributed by atoms with Crippen LogP contribution in [0.3, 0.4) is 0 Å². The van der Waals surface area contributed by atoms with Gasteiger partial charge in [-0.3, -0.25) is 0 Å². The lowest BCUT2D eigenvalue weighted by atomic mass is 10.0. The van der Waals surface area contributed by atoms with Gasteiger partial charge in [0.15, 0.2) is 0 Å². The zero-order chi connectivity index (χ0) is 13.0. The summed E-state index contributed by atoms with van der Waals surface area (Å²) in [5.74, 6) is 0.706. The van der Waals surface area contributed by atoms with Crippen molar-refractivity contribution in [2.75, 3.05) is 18.1 Å². The maximum absolute atomic E-state index is 11.9. The molecule has 0 aromatic carbocycles. The van der Waals surface area contributed by atoms with Gasteiger partial charge in [0.1, 0.15) is 11.9 Å². The van der Waals surface area contributed by atoms with Crippen molar-refractivity contribution < 1.29 is 9.53 Å². The first-order valence-corrected chi connectivity index (χ1v) is 7.06. The zero-order valence-corrected chi connectivity index (χ0v) is 12.0. The molecule has 0 radical (unpaired) electrons. The summed E-state index contributed by atoms with van der Waals surface area (Å²) in [5, 5.41) is 0. The molecule has 2 heterocycles. The quantitative estimate of drug-likeness (QED) is 0.805. The van der Waals surface area contributed by atoms with Crippen molar-refractivity contribution in [3.05, 3.63) is 22.8 Å². The zero-order valence-electron chi connectivity index (χ0n) is 10.4. The number of piperidine rings is 1. The van der Waals surface area contributed by atoms with Gasteiger partial charge in [-0.05, 0) is 54.2 Å². The molecule has 1 unspecified atom stereocenters. The summed E-state index contributed by atoms with van der Waals surface area (Å²) in [7, 11) is 0. The molecule has 0 saturated carbocycles. The maximum Gasteiger partial charge on any atom is 0.328 e. The summed E-state index contributed by atoms with van der Waals surface area (Å²) in [6.07, 6.45) is 4.76. The molecule has 1 aliphatic rings. The van der Waals surface area contributed by atoms with Gasteiger partial charge in [0.05, 0.1) is 6.61 Å². The number of rotatable bonds is 3. The predicted octanol–water partition coefficient (Wildman–Crippen LogP) is 2.77. The smallest absolute Gasteiger partial charge is 0.328 e. The Labute approximate surface area is 115 Å². The Morgan fingerprint density at radius 3 is 3.06 bits per heavy atom. The summed E-state index contributed by atoms with van der Waals surface area (Å²) in [6.45, 7) is 3.12. The summed E-state index contributed by atoms with van der Waals surface area (Å²) < 4.78 is 6.08. The van der Waals surface area contributed by atoms with Crippen LogP contribution in [0.5, 0.6) is 0 Å². The van der Waals surface area contributed by atoms with Crippen LogP contribution in [-0.2, 0) is 9.53 Å². The van der Waals surface area contributed by atoms with E-state index in [-0.39, 0.29) is 12.0 Å². The number of nitrogens with zero attached hydrogens (tertiary/aromatic N) is 2. The van der Waals surface area contributed by atoms with Crippen molar-refractivity contribution in [1.29, 1.82) is 0 Å². The van der Waals surface area contributed by atoms with Crippen molar-refractivity contribution in [1.82, 2.24) is 4.98 Å². The molecule has 5 heteroatoms. The Morgan fingerprint density at radius 1 is 1.56 bits per heavy atom. The molecular formula is C13H17BrN2O2. The monoisotopic (exact) mass is 312 g/mol. The molecule has 2 rings (SSSR count). The molecule has 1 aliphatic heterocycles. The standard InChI is InChI=1S/C13H17BrN2O2/c1-2-18-13(17)11-5-3-4-8-16(11)12-7-6-10(14)9-15-12/h6-7,9,11H,2-5,8H2,1H3. The fourth-order valence-corrected chi connectivity index (χ4v) is 2.46. The van der Waals surface area contributed by atoms with Crippen molar-refractivity contribution in [3.63, 3.8) is 0 Å². The highest BCUT2D eigenvalue weighted by Gasteiger charge is 2.30. The van der Waals surface area contributed by atoms with Crippen LogP contribution in [0.4, 0.5) is 5.82 Å². The van der Waals surface area contributed by atoms with Gasteiger partial charge >= 0.3 is 5.97 Å².